The molecule has 146 valence electrons. The largest absolute Gasteiger partial charge is 0.379 e. The molecule has 0 unspecified atom stereocenters. The Balaban J connectivity index is 1.59. The van der Waals surface area contributed by atoms with E-state index in [1.54, 1.807) is 13.2 Å². The molecule has 9 heteroatoms. The number of aromatic nitrogens is 3. The van der Waals surface area contributed by atoms with Crippen LogP contribution in [0.15, 0.2) is 16.8 Å². The van der Waals surface area contributed by atoms with Gasteiger partial charge in [-0.3, -0.25) is 14.7 Å². The number of ether oxygens (including phenoxy) is 1. The first kappa shape index (κ1) is 19.1. The highest BCUT2D eigenvalue weighted by Gasteiger charge is 2.35. The van der Waals surface area contributed by atoms with Gasteiger partial charge in [-0.15, -0.1) is 0 Å². The topological polar surface area (TPSA) is 122 Å². The fourth-order valence-electron chi connectivity index (χ4n) is 3.52. The maximum absolute atomic E-state index is 12.6. The third kappa shape index (κ3) is 4.36. The lowest BCUT2D eigenvalue weighted by molar-refractivity contribution is -0.127. The zero-order valence-corrected chi connectivity index (χ0v) is 15.7. The van der Waals surface area contributed by atoms with Crippen LogP contribution in [0.1, 0.15) is 46.8 Å². The molecule has 1 aliphatic rings. The number of carbonyl (C=O) groups is 2. The third-order valence-corrected chi connectivity index (χ3v) is 5.14. The molecule has 1 saturated carbocycles. The van der Waals surface area contributed by atoms with Crippen molar-refractivity contribution >= 4 is 11.8 Å². The fraction of sp³-hybridized carbons (Fsp3) is 0.556. The molecular weight excluding hydrogens is 350 g/mol. The summed E-state index contributed by atoms with van der Waals surface area (Å²) in [5, 5.41) is 16.2. The zero-order chi connectivity index (χ0) is 19.4. The molecule has 2 amide bonds. The summed E-state index contributed by atoms with van der Waals surface area (Å²) in [6.07, 6.45) is 3.33. The van der Waals surface area contributed by atoms with Gasteiger partial charge in [0.25, 0.3) is 5.91 Å². The summed E-state index contributed by atoms with van der Waals surface area (Å²) in [5.41, 5.74) is 2.06. The summed E-state index contributed by atoms with van der Waals surface area (Å²) in [6, 6.07) is 1.36. The third-order valence-electron chi connectivity index (χ3n) is 5.14. The minimum absolute atomic E-state index is 0.0367. The van der Waals surface area contributed by atoms with E-state index in [-0.39, 0.29) is 29.9 Å². The van der Waals surface area contributed by atoms with E-state index < -0.39 is 0 Å². The first-order valence-corrected chi connectivity index (χ1v) is 9.02. The second-order valence-corrected chi connectivity index (χ2v) is 6.85. The van der Waals surface area contributed by atoms with E-state index >= 15 is 0 Å². The van der Waals surface area contributed by atoms with E-state index in [9.17, 15) is 9.59 Å². The van der Waals surface area contributed by atoms with Gasteiger partial charge in [0.2, 0.25) is 5.91 Å². The van der Waals surface area contributed by atoms with E-state index in [0.29, 0.717) is 37.3 Å². The molecule has 3 N–H and O–H groups in total. The van der Waals surface area contributed by atoms with Crippen LogP contribution in [0.4, 0.5) is 0 Å². The lowest BCUT2D eigenvalue weighted by atomic mass is 9.83. The van der Waals surface area contributed by atoms with Crippen LogP contribution < -0.4 is 10.6 Å². The highest BCUT2D eigenvalue weighted by molar-refractivity contribution is 5.92. The number of hydrogen-bond acceptors (Lipinski definition) is 6. The van der Waals surface area contributed by atoms with Crippen LogP contribution in [-0.2, 0) is 16.1 Å². The molecule has 27 heavy (non-hydrogen) atoms. The van der Waals surface area contributed by atoms with Crippen molar-refractivity contribution in [2.45, 2.75) is 51.8 Å². The van der Waals surface area contributed by atoms with Crippen molar-refractivity contribution in [2.75, 3.05) is 7.11 Å². The molecule has 2 aromatic rings. The Bertz CT molecular complexity index is 766. The van der Waals surface area contributed by atoms with Crippen LogP contribution in [0, 0.1) is 19.8 Å². The molecule has 0 saturated heterocycles. The van der Waals surface area contributed by atoms with Gasteiger partial charge in [0.1, 0.15) is 11.5 Å². The average molecular weight is 375 g/mol. The Hall–Kier alpha value is -2.68. The standard InChI is InChI=1S/C18H25N5O4/c1-10-13(11(2)27-23-10)9-19-17(24)12-4-5-16(26-3)15(8-12)21-18(25)14-6-7-20-22-14/h6-7,12,15-16H,4-5,8-9H2,1-3H3,(H,19,24)(H,20,22)(H,21,25)/t12-,15+,16+/m0/s1. The molecule has 2 aromatic heterocycles. The normalized spacial score (nSPS) is 22.4. The number of aryl methyl sites for hydroxylation is 2. The van der Waals surface area contributed by atoms with Gasteiger partial charge in [-0.1, -0.05) is 5.16 Å². The van der Waals surface area contributed by atoms with Crippen LogP contribution in [-0.4, -0.2) is 46.4 Å². The van der Waals surface area contributed by atoms with Crippen molar-refractivity contribution < 1.29 is 18.8 Å². The molecule has 9 nitrogen and oxygen atoms in total. The molecule has 3 atom stereocenters. The predicted octanol–water partition coefficient (Wildman–Crippen LogP) is 1.24. The van der Waals surface area contributed by atoms with E-state index in [2.05, 4.69) is 26.0 Å². The molecule has 0 radical (unpaired) electrons. The number of H-pyrrole nitrogens is 1. The zero-order valence-electron chi connectivity index (χ0n) is 15.7. The number of amides is 2. The molecule has 1 fully saturated rings. The van der Waals surface area contributed by atoms with Crippen LogP contribution in [0.5, 0.6) is 0 Å². The Morgan fingerprint density at radius 1 is 1.37 bits per heavy atom. The van der Waals surface area contributed by atoms with Gasteiger partial charge in [0, 0.05) is 31.3 Å². The molecule has 0 spiro atoms. The Morgan fingerprint density at radius 3 is 2.81 bits per heavy atom. The second kappa shape index (κ2) is 8.34. The lowest BCUT2D eigenvalue weighted by Crippen LogP contribution is -2.50. The maximum atomic E-state index is 12.6. The number of nitrogens with one attached hydrogen (secondary N) is 3. The summed E-state index contributed by atoms with van der Waals surface area (Å²) in [5.74, 6) is 0.228. The summed E-state index contributed by atoms with van der Waals surface area (Å²) in [7, 11) is 1.62. The number of carbonyl (C=O) groups excluding carboxylic acids is 2. The van der Waals surface area contributed by atoms with Gasteiger partial charge >= 0.3 is 0 Å². The van der Waals surface area contributed by atoms with E-state index in [1.807, 2.05) is 13.8 Å². The van der Waals surface area contributed by atoms with Gasteiger partial charge in [-0.05, 0) is 39.2 Å². The molecule has 2 heterocycles. The smallest absolute Gasteiger partial charge is 0.269 e. The van der Waals surface area contributed by atoms with Crippen LogP contribution in [0.3, 0.4) is 0 Å². The first-order chi connectivity index (χ1) is 13.0. The van der Waals surface area contributed by atoms with Gasteiger partial charge in [0.15, 0.2) is 0 Å². The molecule has 0 aliphatic heterocycles. The molecule has 0 bridgehead atoms. The minimum atomic E-state index is -0.253. The van der Waals surface area contributed by atoms with Crippen molar-refractivity contribution in [1.82, 2.24) is 26.0 Å². The Morgan fingerprint density at radius 2 is 2.19 bits per heavy atom. The van der Waals surface area contributed by atoms with E-state index in [0.717, 1.165) is 11.3 Å². The molecule has 3 rings (SSSR count). The molecule has 0 aromatic carbocycles. The monoisotopic (exact) mass is 375 g/mol. The van der Waals surface area contributed by atoms with Gasteiger partial charge in [-0.2, -0.15) is 5.10 Å². The average Bonchev–Trinajstić information content (AvgIpc) is 3.30. The van der Waals surface area contributed by atoms with Crippen molar-refractivity contribution in [3.05, 3.63) is 35.0 Å². The Kier molecular flexibility index (Phi) is 5.90. The van der Waals surface area contributed by atoms with E-state index in [1.165, 1.54) is 6.20 Å². The highest BCUT2D eigenvalue weighted by atomic mass is 16.5. The van der Waals surface area contributed by atoms with Crippen molar-refractivity contribution in [3.8, 4) is 0 Å². The van der Waals surface area contributed by atoms with E-state index in [4.69, 9.17) is 9.26 Å². The Labute approximate surface area is 157 Å². The quantitative estimate of drug-likeness (QED) is 0.698. The lowest BCUT2D eigenvalue weighted by Gasteiger charge is -2.35. The summed E-state index contributed by atoms with van der Waals surface area (Å²) in [4.78, 5) is 25.0. The second-order valence-electron chi connectivity index (χ2n) is 6.85. The number of nitrogens with zero attached hydrogens (tertiary/aromatic N) is 2. The predicted molar refractivity (Wildman–Crippen MR) is 95.8 cm³/mol. The van der Waals surface area contributed by atoms with Gasteiger partial charge < -0.3 is 19.9 Å². The van der Waals surface area contributed by atoms with Gasteiger partial charge in [0.05, 0.1) is 17.8 Å². The summed E-state index contributed by atoms with van der Waals surface area (Å²) >= 11 is 0. The maximum Gasteiger partial charge on any atom is 0.269 e. The molecule has 1 aliphatic carbocycles. The molecular formula is C18H25N5O4. The van der Waals surface area contributed by atoms with Crippen molar-refractivity contribution in [3.63, 3.8) is 0 Å². The summed E-state index contributed by atoms with van der Waals surface area (Å²) in [6.45, 7) is 4.06. The number of rotatable bonds is 6. The SMILES string of the molecule is CO[C@@H]1CC[C@H](C(=O)NCc2c(C)noc2C)C[C@H]1NC(=O)c1ccn[nH]1. The van der Waals surface area contributed by atoms with Crippen LogP contribution in [0.25, 0.3) is 0 Å². The first-order valence-electron chi connectivity index (χ1n) is 9.02. The number of aromatic amines is 1. The van der Waals surface area contributed by atoms with Crippen molar-refractivity contribution in [1.29, 1.82) is 0 Å². The highest BCUT2D eigenvalue weighted by Crippen LogP contribution is 2.27. The number of hydrogen-bond donors (Lipinski definition) is 3. The fourth-order valence-corrected chi connectivity index (χ4v) is 3.52. The van der Waals surface area contributed by atoms with Crippen LogP contribution in [0.2, 0.25) is 0 Å². The summed E-state index contributed by atoms with van der Waals surface area (Å²) < 4.78 is 10.6. The minimum Gasteiger partial charge on any atom is -0.379 e. The van der Waals surface area contributed by atoms with Gasteiger partial charge in [-0.25, -0.2) is 0 Å². The number of methoxy groups -OCH3 is 1. The van der Waals surface area contributed by atoms with Crippen molar-refractivity contribution in [2.24, 2.45) is 5.92 Å². The van der Waals surface area contributed by atoms with Crippen LogP contribution >= 0.6 is 0 Å².